The third-order valence-electron chi connectivity index (χ3n) is 6.18. The largest absolute Gasteiger partial charge is 0.384 e. The Kier molecular flexibility index (Phi) is 7.85. The summed E-state index contributed by atoms with van der Waals surface area (Å²) in [5.41, 5.74) is 9.61. The van der Waals surface area contributed by atoms with E-state index >= 15 is 0 Å². The van der Waals surface area contributed by atoms with Crippen LogP contribution in [0.5, 0.6) is 0 Å². The molecule has 1 atom stereocenters. The number of halogens is 2. The van der Waals surface area contributed by atoms with Crippen molar-refractivity contribution in [1.29, 1.82) is 5.26 Å². The van der Waals surface area contributed by atoms with E-state index in [1.54, 1.807) is 17.0 Å². The highest BCUT2D eigenvalue weighted by atomic mass is 79.9. The molecule has 0 bridgehead atoms. The van der Waals surface area contributed by atoms with Gasteiger partial charge >= 0.3 is 0 Å². The summed E-state index contributed by atoms with van der Waals surface area (Å²) in [7, 11) is 0. The van der Waals surface area contributed by atoms with Crippen LogP contribution in [0.2, 0.25) is 5.02 Å². The summed E-state index contributed by atoms with van der Waals surface area (Å²) >= 11 is 12.0. The van der Waals surface area contributed by atoms with Crippen LogP contribution < -0.4 is 16.0 Å². The molecule has 1 unspecified atom stereocenters. The average Bonchev–Trinajstić information content (AvgIpc) is 3.37. The molecule has 0 radical (unpaired) electrons. The lowest BCUT2D eigenvalue weighted by Crippen LogP contribution is -2.38. The first-order valence-corrected chi connectivity index (χ1v) is 14.6. The molecule has 192 valence electrons. The highest BCUT2D eigenvalue weighted by Gasteiger charge is 2.41. The molecule has 3 N–H and O–H groups in total. The zero-order valence-electron chi connectivity index (χ0n) is 19.8. The van der Waals surface area contributed by atoms with Crippen LogP contribution in [0.25, 0.3) is 0 Å². The molecule has 1 amide bonds. The van der Waals surface area contributed by atoms with Gasteiger partial charge < -0.3 is 11.1 Å². The van der Waals surface area contributed by atoms with Gasteiger partial charge in [-0.3, -0.25) is 14.5 Å². The van der Waals surface area contributed by atoms with Crippen LogP contribution in [-0.2, 0) is 9.59 Å². The first kappa shape index (κ1) is 26.4. The summed E-state index contributed by atoms with van der Waals surface area (Å²) < 4.78 is 1.36. The summed E-state index contributed by atoms with van der Waals surface area (Å²) in [6.45, 7) is 0. The van der Waals surface area contributed by atoms with Crippen molar-refractivity contribution in [3.8, 4) is 6.07 Å². The molecule has 3 aromatic rings. The van der Waals surface area contributed by atoms with Gasteiger partial charge in [0.1, 0.15) is 5.82 Å². The Labute approximate surface area is 240 Å². The number of amides is 1. The molecular weight excluding hydrogens is 608 g/mol. The van der Waals surface area contributed by atoms with Crippen molar-refractivity contribution in [2.24, 2.45) is 5.73 Å². The molecule has 2 heterocycles. The van der Waals surface area contributed by atoms with Gasteiger partial charge in [-0.2, -0.15) is 5.26 Å². The molecule has 1 aliphatic carbocycles. The lowest BCUT2D eigenvalue weighted by atomic mass is 9.76. The molecule has 0 saturated carbocycles. The number of benzene rings is 2. The molecule has 0 spiro atoms. The number of nitrogens with two attached hydrogens (primary N) is 1. The molecule has 8 nitrogen and oxygen atoms in total. The Bertz CT molecular complexity index is 1530. The second-order valence-electron chi connectivity index (χ2n) is 8.54. The maximum atomic E-state index is 13.2. The van der Waals surface area contributed by atoms with Gasteiger partial charge in [-0.1, -0.05) is 59.0 Å². The van der Waals surface area contributed by atoms with Crippen LogP contribution >= 0.6 is 50.6 Å². The molecular formula is C26H20BrClN6O2S2. The van der Waals surface area contributed by atoms with E-state index in [9.17, 15) is 14.9 Å². The van der Waals surface area contributed by atoms with Crippen LogP contribution in [0, 0.1) is 11.3 Å². The quantitative estimate of drug-likeness (QED) is 0.319. The Hall–Kier alpha value is -3.17. The molecule has 1 aromatic heterocycles. The van der Waals surface area contributed by atoms with E-state index in [-0.39, 0.29) is 28.8 Å². The maximum absolute atomic E-state index is 13.2. The minimum absolute atomic E-state index is 0.0145. The van der Waals surface area contributed by atoms with Crippen molar-refractivity contribution in [2.75, 3.05) is 16.0 Å². The van der Waals surface area contributed by atoms with E-state index in [1.165, 1.54) is 23.1 Å². The number of rotatable bonds is 6. The van der Waals surface area contributed by atoms with Gasteiger partial charge in [0.15, 0.2) is 10.1 Å². The molecule has 12 heteroatoms. The molecule has 5 rings (SSSR count). The van der Waals surface area contributed by atoms with Gasteiger partial charge in [0.25, 0.3) is 0 Å². The normalized spacial score (nSPS) is 17.3. The lowest BCUT2D eigenvalue weighted by Gasteiger charge is -2.38. The minimum atomic E-state index is -0.570. The van der Waals surface area contributed by atoms with Crippen LogP contribution in [0.15, 0.2) is 80.0 Å². The number of Topliss-reactive ketones (excluding diaryl/α,β-unsaturated/α-hetero) is 1. The Morgan fingerprint density at radius 2 is 2.00 bits per heavy atom. The number of para-hydroxylation sites is 1. The second-order valence-corrected chi connectivity index (χ2v) is 12.0. The SMILES string of the molecule is N#CC1=C(N)N(c2nnc(SCC(=O)Nc3ccccc3Br)s2)C2=C(C(=O)CCC2)C1c1ccc(Cl)cc1. The summed E-state index contributed by atoms with van der Waals surface area (Å²) in [4.78, 5) is 27.4. The molecule has 1 aliphatic heterocycles. The number of hydrogen-bond donors (Lipinski definition) is 2. The van der Waals surface area contributed by atoms with Gasteiger partial charge in [0, 0.05) is 27.2 Å². The minimum Gasteiger partial charge on any atom is -0.384 e. The highest BCUT2D eigenvalue weighted by molar-refractivity contribution is 9.10. The van der Waals surface area contributed by atoms with Crippen molar-refractivity contribution in [3.63, 3.8) is 0 Å². The van der Waals surface area contributed by atoms with Gasteiger partial charge in [-0.15, -0.1) is 10.2 Å². The predicted molar refractivity (Wildman–Crippen MR) is 153 cm³/mol. The maximum Gasteiger partial charge on any atom is 0.234 e. The Morgan fingerprint density at radius 1 is 1.24 bits per heavy atom. The van der Waals surface area contributed by atoms with E-state index < -0.39 is 5.92 Å². The van der Waals surface area contributed by atoms with E-state index in [2.05, 4.69) is 37.5 Å². The van der Waals surface area contributed by atoms with Crippen LogP contribution in [0.3, 0.4) is 0 Å². The van der Waals surface area contributed by atoms with Crippen molar-refractivity contribution < 1.29 is 9.59 Å². The fraction of sp³-hybridized carbons (Fsp3) is 0.192. The van der Waals surface area contributed by atoms with E-state index in [1.807, 2.05) is 36.4 Å². The molecule has 0 saturated heterocycles. The van der Waals surface area contributed by atoms with Crippen molar-refractivity contribution in [1.82, 2.24) is 10.2 Å². The number of thioether (sulfide) groups is 1. The summed E-state index contributed by atoms with van der Waals surface area (Å²) in [5, 5.41) is 22.5. The van der Waals surface area contributed by atoms with Gasteiger partial charge in [0.2, 0.25) is 11.0 Å². The van der Waals surface area contributed by atoms with Crippen LogP contribution in [0.1, 0.15) is 30.7 Å². The van der Waals surface area contributed by atoms with Crippen LogP contribution in [0.4, 0.5) is 10.8 Å². The molecule has 2 aliphatic rings. The third kappa shape index (κ3) is 5.22. The summed E-state index contributed by atoms with van der Waals surface area (Å²) in [6.07, 6.45) is 1.69. The number of allylic oxidation sites excluding steroid dienone is 3. The number of carbonyl (C=O) groups is 2. The smallest absolute Gasteiger partial charge is 0.234 e. The molecule has 2 aromatic carbocycles. The van der Waals surface area contributed by atoms with Crippen molar-refractivity contribution >= 4 is 73.1 Å². The van der Waals surface area contributed by atoms with Crippen molar-refractivity contribution in [3.05, 3.63) is 86.3 Å². The summed E-state index contributed by atoms with van der Waals surface area (Å²) in [6, 6.07) is 16.7. The third-order valence-corrected chi connectivity index (χ3v) is 9.16. The zero-order chi connectivity index (χ0) is 26.8. The number of ketones is 1. The number of carbonyl (C=O) groups excluding carboxylic acids is 2. The zero-order valence-corrected chi connectivity index (χ0v) is 23.8. The first-order chi connectivity index (χ1) is 18.4. The number of anilines is 2. The monoisotopic (exact) mass is 626 g/mol. The second kappa shape index (κ2) is 11.3. The number of nitrogens with zero attached hydrogens (tertiary/aromatic N) is 4. The standard InChI is InChI=1S/C26H20BrClN6O2S2/c27-17-4-1-2-5-18(17)31-21(36)13-37-26-33-32-25(38-26)34-19-6-3-7-20(35)23(19)22(16(12-29)24(34)30)14-8-10-15(28)11-9-14/h1-2,4-5,8-11,22H,3,6-7,13,30H2,(H,31,36). The Morgan fingerprint density at radius 3 is 2.74 bits per heavy atom. The fourth-order valence-electron chi connectivity index (χ4n) is 4.52. The summed E-state index contributed by atoms with van der Waals surface area (Å²) in [5.74, 6) is -0.411. The molecule has 38 heavy (non-hydrogen) atoms. The average molecular weight is 628 g/mol. The Balaban J connectivity index is 1.42. The predicted octanol–water partition coefficient (Wildman–Crippen LogP) is 5.99. The lowest BCUT2D eigenvalue weighted by molar-refractivity contribution is -0.116. The number of hydrogen-bond acceptors (Lipinski definition) is 9. The highest BCUT2D eigenvalue weighted by Crippen LogP contribution is 2.47. The number of nitrogens with one attached hydrogen (secondary N) is 1. The van der Waals surface area contributed by atoms with Gasteiger partial charge in [0.05, 0.1) is 29.0 Å². The molecule has 0 fully saturated rings. The van der Waals surface area contributed by atoms with E-state index in [4.69, 9.17) is 17.3 Å². The van der Waals surface area contributed by atoms with Gasteiger partial charge in [-0.25, -0.2) is 0 Å². The van der Waals surface area contributed by atoms with E-state index in [0.717, 1.165) is 15.7 Å². The van der Waals surface area contributed by atoms with Gasteiger partial charge in [-0.05, 0) is 58.6 Å². The first-order valence-electron chi connectivity index (χ1n) is 11.6. The fourth-order valence-corrected chi connectivity index (χ4v) is 6.71. The van der Waals surface area contributed by atoms with Crippen LogP contribution in [-0.4, -0.2) is 27.6 Å². The number of nitriles is 1. The topological polar surface area (TPSA) is 125 Å². The van der Waals surface area contributed by atoms with E-state index in [0.29, 0.717) is 45.0 Å². The number of aromatic nitrogens is 2. The van der Waals surface area contributed by atoms with Crippen molar-refractivity contribution in [2.45, 2.75) is 29.5 Å².